The van der Waals surface area contributed by atoms with Gasteiger partial charge >= 0.3 is 0 Å². The lowest BCUT2D eigenvalue weighted by Gasteiger charge is -2.00. The summed E-state index contributed by atoms with van der Waals surface area (Å²) in [6.45, 7) is 3.94. The van der Waals surface area contributed by atoms with Crippen LogP contribution in [0.5, 0.6) is 0 Å². The van der Waals surface area contributed by atoms with E-state index in [4.69, 9.17) is 4.74 Å². The molecule has 13 heavy (non-hydrogen) atoms. The van der Waals surface area contributed by atoms with E-state index in [1.807, 2.05) is 30.3 Å². The number of rotatable bonds is 5. The molecule has 68 valence electrons. The second-order valence-corrected chi connectivity index (χ2v) is 2.65. The minimum Gasteiger partial charge on any atom is -0.369 e. The smallest absolute Gasteiger partial charge is 0.180 e. The van der Waals surface area contributed by atoms with Gasteiger partial charge in [-0.3, -0.25) is 4.79 Å². The first-order valence-electron chi connectivity index (χ1n) is 4.10. The number of carbonyl (C=O) groups is 1. The molecule has 0 aromatic heterocycles. The van der Waals surface area contributed by atoms with Crippen LogP contribution >= 0.6 is 0 Å². The van der Waals surface area contributed by atoms with Crippen molar-refractivity contribution in [2.45, 2.75) is 6.61 Å². The van der Waals surface area contributed by atoms with Gasteiger partial charge in [0.25, 0.3) is 0 Å². The third kappa shape index (κ3) is 3.67. The number of hydrogen-bond acceptors (Lipinski definition) is 2. The molecule has 0 saturated heterocycles. The molecule has 0 amide bonds. The Morgan fingerprint density at radius 3 is 2.69 bits per heavy atom. The van der Waals surface area contributed by atoms with Gasteiger partial charge in [-0.1, -0.05) is 36.9 Å². The van der Waals surface area contributed by atoms with Gasteiger partial charge in [-0.2, -0.15) is 0 Å². The summed E-state index contributed by atoms with van der Waals surface area (Å²) in [4.78, 5) is 10.8. The van der Waals surface area contributed by atoms with Crippen LogP contribution in [-0.2, 0) is 16.1 Å². The van der Waals surface area contributed by atoms with Gasteiger partial charge in [-0.15, -0.1) is 0 Å². The van der Waals surface area contributed by atoms with Crippen molar-refractivity contribution in [1.82, 2.24) is 0 Å². The predicted molar refractivity (Wildman–Crippen MR) is 51.3 cm³/mol. The number of ether oxygens (including phenoxy) is 1. The zero-order valence-corrected chi connectivity index (χ0v) is 7.40. The Balaban J connectivity index is 2.28. The molecular formula is C11H12O2. The number of hydrogen-bond donors (Lipinski definition) is 0. The summed E-state index contributed by atoms with van der Waals surface area (Å²) in [5.74, 6) is -0.0871. The van der Waals surface area contributed by atoms with E-state index in [1.165, 1.54) is 6.08 Å². The topological polar surface area (TPSA) is 26.3 Å². The van der Waals surface area contributed by atoms with Crippen LogP contribution in [-0.4, -0.2) is 12.4 Å². The SMILES string of the molecule is C=CC(=O)COCc1ccccc1. The van der Waals surface area contributed by atoms with Gasteiger partial charge in [0.05, 0.1) is 6.61 Å². The highest BCUT2D eigenvalue weighted by Crippen LogP contribution is 1.99. The van der Waals surface area contributed by atoms with Gasteiger partial charge in [-0.25, -0.2) is 0 Å². The normalized spacial score (nSPS) is 9.54. The van der Waals surface area contributed by atoms with Crippen LogP contribution in [0.3, 0.4) is 0 Å². The lowest BCUT2D eigenvalue weighted by molar-refractivity contribution is -0.119. The summed E-state index contributed by atoms with van der Waals surface area (Å²) < 4.78 is 5.15. The maximum Gasteiger partial charge on any atom is 0.180 e. The van der Waals surface area contributed by atoms with Crippen molar-refractivity contribution < 1.29 is 9.53 Å². The first-order chi connectivity index (χ1) is 6.33. The molecule has 0 saturated carbocycles. The van der Waals surface area contributed by atoms with Crippen molar-refractivity contribution in [2.24, 2.45) is 0 Å². The van der Waals surface area contributed by atoms with E-state index in [1.54, 1.807) is 0 Å². The van der Waals surface area contributed by atoms with Crippen LogP contribution in [0.15, 0.2) is 43.0 Å². The molecule has 0 bridgehead atoms. The zero-order chi connectivity index (χ0) is 9.52. The van der Waals surface area contributed by atoms with E-state index < -0.39 is 0 Å². The van der Waals surface area contributed by atoms with Crippen molar-refractivity contribution in [1.29, 1.82) is 0 Å². The minimum atomic E-state index is -0.0871. The van der Waals surface area contributed by atoms with E-state index >= 15 is 0 Å². The molecule has 0 heterocycles. The van der Waals surface area contributed by atoms with Gasteiger partial charge in [-0.05, 0) is 11.6 Å². The Morgan fingerprint density at radius 2 is 2.08 bits per heavy atom. The van der Waals surface area contributed by atoms with E-state index in [-0.39, 0.29) is 12.4 Å². The van der Waals surface area contributed by atoms with Gasteiger partial charge in [0, 0.05) is 0 Å². The molecule has 0 spiro atoms. The first-order valence-corrected chi connectivity index (χ1v) is 4.10. The van der Waals surface area contributed by atoms with Crippen LogP contribution < -0.4 is 0 Å². The molecule has 2 nitrogen and oxygen atoms in total. The molecule has 1 aromatic rings. The molecule has 0 atom stereocenters. The largest absolute Gasteiger partial charge is 0.369 e. The fourth-order valence-corrected chi connectivity index (χ4v) is 0.903. The average molecular weight is 176 g/mol. The number of benzene rings is 1. The summed E-state index contributed by atoms with van der Waals surface area (Å²) >= 11 is 0. The van der Waals surface area contributed by atoms with Crippen molar-refractivity contribution in [3.63, 3.8) is 0 Å². The Hall–Kier alpha value is -1.41. The van der Waals surface area contributed by atoms with E-state index in [0.717, 1.165) is 5.56 Å². The molecule has 0 aliphatic carbocycles. The maximum atomic E-state index is 10.8. The third-order valence-electron chi connectivity index (χ3n) is 1.58. The Bertz CT molecular complexity index is 277. The molecule has 0 aliphatic heterocycles. The molecule has 0 fully saturated rings. The zero-order valence-electron chi connectivity index (χ0n) is 7.40. The second-order valence-electron chi connectivity index (χ2n) is 2.65. The molecule has 1 rings (SSSR count). The highest BCUT2D eigenvalue weighted by Gasteiger charge is 1.95. The average Bonchev–Trinajstić information content (AvgIpc) is 2.19. The monoisotopic (exact) mass is 176 g/mol. The minimum absolute atomic E-state index is 0.0871. The lowest BCUT2D eigenvalue weighted by Crippen LogP contribution is -2.04. The van der Waals surface area contributed by atoms with E-state index in [2.05, 4.69) is 6.58 Å². The van der Waals surface area contributed by atoms with Crippen molar-refractivity contribution in [3.05, 3.63) is 48.6 Å². The Morgan fingerprint density at radius 1 is 1.38 bits per heavy atom. The molecule has 2 heteroatoms. The van der Waals surface area contributed by atoms with E-state index in [0.29, 0.717) is 6.61 Å². The van der Waals surface area contributed by atoms with Crippen LogP contribution in [0, 0.1) is 0 Å². The van der Waals surface area contributed by atoms with Gasteiger partial charge < -0.3 is 4.74 Å². The fourth-order valence-electron chi connectivity index (χ4n) is 0.903. The van der Waals surface area contributed by atoms with Gasteiger partial charge in [0.15, 0.2) is 5.78 Å². The molecule has 0 radical (unpaired) electrons. The number of carbonyl (C=O) groups excluding carboxylic acids is 1. The van der Waals surface area contributed by atoms with Crippen LogP contribution in [0.1, 0.15) is 5.56 Å². The molecule has 0 N–H and O–H groups in total. The Kier molecular flexibility index (Phi) is 3.93. The first kappa shape index (κ1) is 9.68. The van der Waals surface area contributed by atoms with Crippen molar-refractivity contribution in [2.75, 3.05) is 6.61 Å². The molecular weight excluding hydrogens is 164 g/mol. The maximum absolute atomic E-state index is 10.8. The molecule has 0 unspecified atom stereocenters. The highest BCUT2D eigenvalue weighted by molar-refractivity contribution is 5.90. The van der Waals surface area contributed by atoms with Crippen LogP contribution in [0.4, 0.5) is 0 Å². The Labute approximate surface area is 77.8 Å². The molecule has 1 aromatic carbocycles. The summed E-state index contributed by atoms with van der Waals surface area (Å²) in [5.41, 5.74) is 1.07. The highest BCUT2D eigenvalue weighted by atomic mass is 16.5. The summed E-state index contributed by atoms with van der Waals surface area (Å²) in [6.07, 6.45) is 1.27. The van der Waals surface area contributed by atoms with Gasteiger partial charge in [0.2, 0.25) is 0 Å². The summed E-state index contributed by atoms with van der Waals surface area (Å²) in [5, 5.41) is 0. The quantitative estimate of drug-likeness (QED) is 0.641. The van der Waals surface area contributed by atoms with Gasteiger partial charge in [0.1, 0.15) is 6.61 Å². The van der Waals surface area contributed by atoms with Crippen molar-refractivity contribution >= 4 is 5.78 Å². The van der Waals surface area contributed by atoms with E-state index in [9.17, 15) is 4.79 Å². The third-order valence-corrected chi connectivity index (χ3v) is 1.58. The molecule has 0 aliphatic rings. The standard InChI is InChI=1S/C11H12O2/c1-2-11(12)9-13-8-10-6-4-3-5-7-10/h2-7H,1,8-9H2. The predicted octanol–water partition coefficient (Wildman–Crippen LogP) is 1.96. The lowest BCUT2D eigenvalue weighted by atomic mass is 10.2. The fraction of sp³-hybridized carbons (Fsp3) is 0.182. The number of ketones is 1. The summed E-state index contributed by atoms with van der Waals surface area (Å²) in [6, 6.07) is 9.73. The van der Waals surface area contributed by atoms with Crippen molar-refractivity contribution in [3.8, 4) is 0 Å². The van der Waals surface area contributed by atoms with Crippen LogP contribution in [0.25, 0.3) is 0 Å². The van der Waals surface area contributed by atoms with Crippen LogP contribution in [0.2, 0.25) is 0 Å². The summed E-state index contributed by atoms with van der Waals surface area (Å²) in [7, 11) is 0. The second kappa shape index (κ2) is 5.27.